The van der Waals surface area contributed by atoms with E-state index in [1.54, 1.807) is 9.80 Å². The monoisotopic (exact) mass is 620 g/mol. The number of ether oxygens (including phenoxy) is 3. The van der Waals surface area contributed by atoms with Gasteiger partial charge in [-0.25, -0.2) is 14.4 Å². The van der Waals surface area contributed by atoms with E-state index in [1.165, 1.54) is 0 Å². The number of carbonyl (C=O) groups excluding carboxylic acids is 3. The number of rotatable bonds is 4. The molecule has 10 heteroatoms. The van der Waals surface area contributed by atoms with Crippen molar-refractivity contribution in [2.75, 3.05) is 39.3 Å². The molecular weight excluding hydrogens is 572 g/mol. The van der Waals surface area contributed by atoms with Gasteiger partial charge in [-0.1, -0.05) is 60.7 Å². The second-order valence-electron chi connectivity index (χ2n) is 13.6. The molecule has 4 saturated heterocycles. The molecule has 0 aromatic heterocycles. The largest absolute Gasteiger partial charge is 0.445 e. The molecule has 45 heavy (non-hydrogen) atoms. The molecule has 2 aromatic carbocycles. The fourth-order valence-electron chi connectivity index (χ4n) is 6.66. The second kappa shape index (κ2) is 14.1. The summed E-state index contributed by atoms with van der Waals surface area (Å²) in [5, 5.41) is 3.39. The summed E-state index contributed by atoms with van der Waals surface area (Å²) in [5.41, 5.74) is 1.21. The molecule has 4 aliphatic rings. The first kappa shape index (κ1) is 32.6. The van der Waals surface area contributed by atoms with Gasteiger partial charge in [0, 0.05) is 32.7 Å². The minimum Gasteiger partial charge on any atom is -0.445 e. The Bertz CT molecular complexity index is 1290. The van der Waals surface area contributed by atoms with Gasteiger partial charge in [-0.3, -0.25) is 0 Å². The summed E-state index contributed by atoms with van der Waals surface area (Å²) in [6.45, 7) is 10.9. The van der Waals surface area contributed by atoms with Gasteiger partial charge >= 0.3 is 18.3 Å². The summed E-state index contributed by atoms with van der Waals surface area (Å²) in [4.78, 5) is 42.5. The van der Waals surface area contributed by atoms with Crippen molar-refractivity contribution in [3.8, 4) is 0 Å². The highest BCUT2D eigenvalue weighted by Crippen LogP contribution is 2.40. The van der Waals surface area contributed by atoms with Gasteiger partial charge in [0.15, 0.2) is 0 Å². The van der Waals surface area contributed by atoms with Crippen LogP contribution >= 0.6 is 0 Å². The lowest BCUT2D eigenvalue weighted by Gasteiger charge is -2.55. The van der Waals surface area contributed by atoms with E-state index in [1.807, 2.05) is 86.3 Å². The third kappa shape index (κ3) is 8.09. The van der Waals surface area contributed by atoms with E-state index in [2.05, 4.69) is 5.32 Å². The van der Waals surface area contributed by atoms with Crippen LogP contribution in [0.25, 0.3) is 0 Å². The summed E-state index contributed by atoms with van der Waals surface area (Å²) in [5.74, 6) is 0. The van der Waals surface area contributed by atoms with Crippen molar-refractivity contribution >= 4 is 18.3 Å². The fraction of sp³-hybridized carbons (Fsp3) is 0.571. The number of nitrogens with one attached hydrogen (secondary N) is 1. The highest BCUT2D eigenvalue weighted by Gasteiger charge is 2.52. The van der Waals surface area contributed by atoms with Gasteiger partial charge in [-0.2, -0.15) is 0 Å². The number of nitrogens with zero attached hydrogens (tertiary/aromatic N) is 3. The van der Waals surface area contributed by atoms with Gasteiger partial charge < -0.3 is 34.2 Å². The fourth-order valence-corrected chi connectivity index (χ4v) is 6.66. The first-order valence-corrected chi connectivity index (χ1v) is 16.2. The second-order valence-corrected chi connectivity index (χ2v) is 13.6. The smallest absolute Gasteiger partial charge is 0.410 e. The average molecular weight is 621 g/mol. The Morgan fingerprint density at radius 1 is 0.711 bits per heavy atom. The highest BCUT2D eigenvalue weighted by atomic mass is 16.6. The third-order valence-electron chi connectivity index (χ3n) is 9.25. The molecular formula is C35H48N4O6. The van der Waals surface area contributed by atoms with Gasteiger partial charge in [0.1, 0.15) is 18.8 Å². The van der Waals surface area contributed by atoms with Crippen LogP contribution in [0.5, 0.6) is 0 Å². The molecule has 2 unspecified atom stereocenters. The van der Waals surface area contributed by atoms with Crippen molar-refractivity contribution in [3.05, 3.63) is 71.8 Å². The maximum absolute atomic E-state index is 12.5. The molecule has 4 fully saturated rings. The molecule has 244 valence electrons. The van der Waals surface area contributed by atoms with Gasteiger partial charge in [0.2, 0.25) is 0 Å². The maximum Gasteiger partial charge on any atom is 0.410 e. The topological polar surface area (TPSA) is 101 Å². The van der Waals surface area contributed by atoms with E-state index in [4.69, 9.17) is 14.2 Å². The number of amides is 3. The van der Waals surface area contributed by atoms with Crippen LogP contribution in [0.1, 0.15) is 70.4 Å². The number of piperidine rings is 2. The van der Waals surface area contributed by atoms with Gasteiger partial charge in [-0.05, 0) is 77.0 Å². The van der Waals surface area contributed by atoms with E-state index in [0.717, 1.165) is 69.3 Å². The zero-order valence-corrected chi connectivity index (χ0v) is 27.0. The van der Waals surface area contributed by atoms with Crippen LogP contribution in [-0.4, -0.2) is 88.9 Å². The van der Waals surface area contributed by atoms with E-state index < -0.39 is 5.60 Å². The summed E-state index contributed by atoms with van der Waals surface area (Å²) in [7, 11) is 0. The van der Waals surface area contributed by atoms with Gasteiger partial charge in [-0.15, -0.1) is 0 Å². The molecule has 0 saturated carbocycles. The van der Waals surface area contributed by atoms with E-state index >= 15 is 0 Å². The van der Waals surface area contributed by atoms with Crippen molar-refractivity contribution in [1.82, 2.24) is 20.0 Å². The first-order valence-electron chi connectivity index (χ1n) is 16.2. The molecule has 6 rings (SSSR count). The zero-order chi connectivity index (χ0) is 31.9. The molecule has 2 aromatic rings. The van der Waals surface area contributed by atoms with Crippen molar-refractivity contribution in [2.45, 2.75) is 89.2 Å². The van der Waals surface area contributed by atoms with Crippen LogP contribution in [0.3, 0.4) is 0 Å². The Balaban J connectivity index is 0.000000186. The highest BCUT2D eigenvalue weighted by molar-refractivity contribution is 5.72. The molecule has 10 nitrogen and oxygen atoms in total. The lowest BCUT2D eigenvalue weighted by Crippen LogP contribution is -2.69. The molecule has 4 heterocycles. The van der Waals surface area contributed by atoms with Crippen LogP contribution < -0.4 is 5.32 Å². The minimum atomic E-state index is -0.518. The lowest BCUT2D eigenvalue weighted by molar-refractivity contribution is -0.0626. The standard InChI is InChI=1S/C20H28N2O4.C15H20N2O2/c1-19(2,3)26-17(23)21-12-7-10-20(15-21)11-13-22(20)18(24)25-14-16-8-5-4-6-9-16;18-14(19-11-13-5-2-1-3-6-13)17-10-8-15(17)7-4-9-16-12-15/h4-6,8-9H,7,10-15H2,1-3H3;1-3,5-6,16H,4,7-12H2. The Labute approximate surface area is 267 Å². The van der Waals surface area contributed by atoms with Crippen LogP contribution in [0.2, 0.25) is 0 Å². The molecule has 0 bridgehead atoms. The average Bonchev–Trinajstić information content (AvgIpc) is 3.03. The summed E-state index contributed by atoms with van der Waals surface area (Å²) < 4.78 is 16.4. The molecule has 2 atom stereocenters. The molecule has 1 N–H and O–H groups in total. The van der Waals surface area contributed by atoms with Crippen LogP contribution in [0.15, 0.2) is 60.7 Å². The molecule has 0 aliphatic carbocycles. The molecule has 0 radical (unpaired) electrons. The van der Waals surface area contributed by atoms with E-state index in [0.29, 0.717) is 26.2 Å². The Kier molecular flexibility index (Phi) is 10.2. The predicted octanol–water partition coefficient (Wildman–Crippen LogP) is 5.95. The van der Waals surface area contributed by atoms with Gasteiger partial charge in [0.25, 0.3) is 0 Å². The van der Waals surface area contributed by atoms with Crippen LogP contribution in [0.4, 0.5) is 14.4 Å². The number of carbonyl (C=O) groups is 3. The van der Waals surface area contributed by atoms with Gasteiger partial charge in [0.05, 0.1) is 11.1 Å². The first-order chi connectivity index (χ1) is 21.6. The summed E-state index contributed by atoms with van der Waals surface area (Å²) >= 11 is 0. The SMILES string of the molecule is CC(C)(C)OC(=O)N1CCCC2(CCN2C(=O)OCc2ccccc2)C1.O=C(OCc1ccccc1)N1CCC12CCCNC2. The minimum absolute atomic E-state index is 0.0338. The van der Waals surface area contributed by atoms with Crippen molar-refractivity contribution < 1.29 is 28.6 Å². The molecule has 4 aliphatic heterocycles. The zero-order valence-electron chi connectivity index (χ0n) is 27.0. The Hall–Kier alpha value is -3.79. The Morgan fingerprint density at radius 3 is 1.71 bits per heavy atom. The molecule has 3 amide bonds. The number of hydrogen-bond donors (Lipinski definition) is 1. The quantitative estimate of drug-likeness (QED) is 0.422. The summed E-state index contributed by atoms with van der Waals surface area (Å²) in [6.07, 6.45) is 5.22. The Morgan fingerprint density at radius 2 is 1.24 bits per heavy atom. The van der Waals surface area contributed by atoms with E-state index in [9.17, 15) is 14.4 Å². The maximum atomic E-state index is 12.5. The predicted molar refractivity (Wildman–Crippen MR) is 171 cm³/mol. The van der Waals surface area contributed by atoms with E-state index in [-0.39, 0.29) is 36.0 Å². The number of benzene rings is 2. The summed E-state index contributed by atoms with van der Waals surface area (Å²) in [6, 6.07) is 19.5. The normalized spacial score (nSPS) is 24.1. The lowest BCUT2D eigenvalue weighted by atomic mass is 9.78. The third-order valence-corrected chi connectivity index (χ3v) is 9.25. The number of hydrogen-bond acceptors (Lipinski definition) is 7. The molecule has 2 spiro atoms. The van der Waals surface area contributed by atoms with Crippen LogP contribution in [0, 0.1) is 0 Å². The van der Waals surface area contributed by atoms with Crippen LogP contribution in [-0.2, 0) is 27.4 Å². The van der Waals surface area contributed by atoms with Crippen molar-refractivity contribution in [1.29, 1.82) is 0 Å². The number of likely N-dealkylation sites (tertiary alicyclic amines) is 3. The van der Waals surface area contributed by atoms with Crippen molar-refractivity contribution in [2.24, 2.45) is 0 Å². The van der Waals surface area contributed by atoms with Crippen molar-refractivity contribution in [3.63, 3.8) is 0 Å².